The molecule has 5 nitrogen and oxygen atoms in total. The molecule has 10 rings (SSSR count). The van der Waals surface area contributed by atoms with Gasteiger partial charge in [-0.1, -0.05) is 197 Å². The van der Waals surface area contributed by atoms with Crippen LogP contribution in [0.4, 0.5) is 0 Å². The number of aromatic nitrogens is 4. The summed E-state index contributed by atoms with van der Waals surface area (Å²) in [5, 5.41) is 2.33. The molecule has 0 unspecified atom stereocenters. The van der Waals surface area contributed by atoms with Gasteiger partial charge >= 0.3 is 0 Å². The molecular formula is C72H81N4O+. The number of ether oxygens (including phenoxy) is 1. The van der Waals surface area contributed by atoms with E-state index in [9.17, 15) is 0 Å². The number of rotatable bonds is 7. The van der Waals surface area contributed by atoms with Crippen LogP contribution in [0.15, 0.2) is 164 Å². The average molecular weight is 1020 g/mol. The predicted molar refractivity (Wildman–Crippen MR) is 327 cm³/mol. The van der Waals surface area contributed by atoms with Gasteiger partial charge in [0.2, 0.25) is 0 Å². The lowest BCUT2D eigenvalue weighted by Crippen LogP contribution is -2.32. The second-order valence-corrected chi connectivity index (χ2v) is 27.8. The van der Waals surface area contributed by atoms with Crippen molar-refractivity contribution in [1.29, 1.82) is 0 Å². The molecule has 0 atom stereocenters. The van der Waals surface area contributed by atoms with Crippen molar-refractivity contribution in [3.05, 3.63) is 198 Å². The molecule has 0 aliphatic carbocycles. The summed E-state index contributed by atoms with van der Waals surface area (Å²) in [5.74, 6) is 2.40. The van der Waals surface area contributed by atoms with E-state index in [0.717, 1.165) is 56.1 Å². The van der Waals surface area contributed by atoms with E-state index >= 15 is 0 Å². The van der Waals surface area contributed by atoms with Gasteiger partial charge in [0.15, 0.2) is 11.0 Å². The highest BCUT2D eigenvalue weighted by atomic mass is 16.5. The number of fused-ring (bicyclic) bond motifs is 4. The SMILES string of the molecule is CC(C)(C)c1ccnc(-n2c3ccccc3c3ccc(Oc4cccc(-n5c[n+](-c6c(-c7ccc(C(C)(C)C)cc7C(C)(C)C)cc(C(C)(C)C)cc6-c6ccc(C(C)(C)C)cc6C(C)(C)C)c6ccccc65)c4)cc32)c1. The highest BCUT2D eigenvalue weighted by Gasteiger charge is 2.34. The number of nitrogens with zero attached hydrogens (tertiary/aromatic N) is 4. The molecule has 0 N–H and O–H groups in total. The quantitative estimate of drug-likeness (QED) is 0.149. The fraction of sp³-hybridized carbons (Fsp3) is 0.333. The van der Waals surface area contributed by atoms with Crippen LogP contribution in [-0.2, 0) is 32.5 Å². The van der Waals surface area contributed by atoms with Gasteiger partial charge in [-0.2, -0.15) is 9.13 Å². The normalized spacial score (nSPS) is 13.1. The molecule has 0 saturated heterocycles. The van der Waals surface area contributed by atoms with Crippen molar-refractivity contribution >= 4 is 32.8 Å². The van der Waals surface area contributed by atoms with Crippen LogP contribution in [0, 0.1) is 0 Å². The van der Waals surface area contributed by atoms with Crippen molar-refractivity contribution in [2.24, 2.45) is 0 Å². The number of imidazole rings is 1. The van der Waals surface area contributed by atoms with Gasteiger partial charge in [-0.05, 0) is 144 Å². The van der Waals surface area contributed by atoms with Gasteiger partial charge in [0.25, 0.3) is 6.33 Å². The van der Waals surface area contributed by atoms with Crippen LogP contribution in [0.2, 0.25) is 0 Å². The molecule has 0 aliphatic heterocycles. The van der Waals surface area contributed by atoms with Crippen molar-refractivity contribution in [3.8, 4) is 50.9 Å². The Morgan fingerprint density at radius 1 is 0.390 bits per heavy atom. The van der Waals surface area contributed by atoms with Crippen molar-refractivity contribution < 1.29 is 9.30 Å². The molecule has 394 valence electrons. The minimum Gasteiger partial charge on any atom is -0.457 e. The molecule has 0 fully saturated rings. The first-order valence-electron chi connectivity index (χ1n) is 27.8. The molecule has 77 heavy (non-hydrogen) atoms. The fourth-order valence-corrected chi connectivity index (χ4v) is 11.1. The lowest BCUT2D eigenvalue weighted by atomic mass is 9.74. The zero-order chi connectivity index (χ0) is 55.4. The number of hydrogen-bond acceptors (Lipinski definition) is 2. The second-order valence-electron chi connectivity index (χ2n) is 27.8. The largest absolute Gasteiger partial charge is 0.457 e. The second kappa shape index (κ2) is 18.7. The monoisotopic (exact) mass is 1020 g/mol. The van der Waals surface area contributed by atoms with Crippen molar-refractivity contribution in [2.45, 2.75) is 157 Å². The Labute approximate surface area is 459 Å². The van der Waals surface area contributed by atoms with Gasteiger partial charge in [-0.25, -0.2) is 4.98 Å². The highest BCUT2D eigenvalue weighted by Crippen LogP contribution is 2.47. The summed E-state index contributed by atoms with van der Waals surface area (Å²) in [7, 11) is 0. The number of pyridine rings is 1. The minimum atomic E-state index is -0.148. The molecule has 5 heteroatoms. The van der Waals surface area contributed by atoms with E-state index in [1.165, 1.54) is 61.0 Å². The highest BCUT2D eigenvalue weighted by molar-refractivity contribution is 6.09. The van der Waals surface area contributed by atoms with Gasteiger partial charge in [-0.3, -0.25) is 4.57 Å². The zero-order valence-corrected chi connectivity index (χ0v) is 49.3. The zero-order valence-electron chi connectivity index (χ0n) is 49.3. The lowest BCUT2D eigenvalue weighted by molar-refractivity contribution is -0.566. The number of hydrogen-bond donors (Lipinski definition) is 0. The Morgan fingerprint density at radius 2 is 0.909 bits per heavy atom. The van der Waals surface area contributed by atoms with E-state index in [-0.39, 0.29) is 32.5 Å². The van der Waals surface area contributed by atoms with Crippen LogP contribution < -0.4 is 9.30 Å². The van der Waals surface area contributed by atoms with Gasteiger partial charge in [0.1, 0.15) is 28.7 Å². The van der Waals surface area contributed by atoms with Crippen LogP contribution in [0.25, 0.3) is 72.3 Å². The third-order valence-electron chi connectivity index (χ3n) is 15.6. The van der Waals surface area contributed by atoms with Gasteiger partial charge in [-0.15, -0.1) is 0 Å². The third kappa shape index (κ3) is 10.2. The van der Waals surface area contributed by atoms with E-state index < -0.39 is 0 Å². The maximum Gasteiger partial charge on any atom is 0.255 e. The van der Waals surface area contributed by atoms with Gasteiger partial charge < -0.3 is 4.74 Å². The summed E-state index contributed by atoms with van der Waals surface area (Å²) in [5.41, 5.74) is 18.9. The Kier molecular flexibility index (Phi) is 12.9. The standard InChI is InChI=1S/C72H81N4O/c1-67(2,3)46-30-33-53(59(40-46)71(13,14)15)57-38-49(70(10,11)12)39-58(54-34-31-47(68(4,5)6)41-60(54)72(16,17)18)66(57)75-45-74(62-28-21-22-29-63(62)75)50-24-23-25-51(43-50)77-52-32-35-56-55-26-19-20-27-61(55)76(64(56)44-52)65-42-48(36-37-73-65)69(7,8)9/h19-45H,1-18H3/q+1. The van der Waals surface area contributed by atoms with E-state index in [4.69, 9.17) is 9.72 Å². The first-order valence-corrected chi connectivity index (χ1v) is 27.8. The molecular weight excluding hydrogens is 937 g/mol. The van der Waals surface area contributed by atoms with Crippen LogP contribution in [0.5, 0.6) is 11.5 Å². The first-order chi connectivity index (χ1) is 36.0. The number of para-hydroxylation sites is 3. The summed E-state index contributed by atoms with van der Waals surface area (Å²) in [6, 6.07) is 56.3. The van der Waals surface area contributed by atoms with E-state index in [0.29, 0.717) is 0 Å². The molecule has 3 aromatic heterocycles. The molecule has 10 aromatic rings. The summed E-state index contributed by atoms with van der Waals surface area (Å²) < 4.78 is 14.0. The van der Waals surface area contributed by atoms with Crippen molar-refractivity contribution in [2.75, 3.05) is 0 Å². The van der Waals surface area contributed by atoms with Crippen LogP contribution in [0.3, 0.4) is 0 Å². The Hall–Kier alpha value is -7.24. The van der Waals surface area contributed by atoms with Crippen LogP contribution in [-0.4, -0.2) is 14.1 Å². The Bertz CT molecular complexity index is 3790. The average Bonchev–Trinajstić information content (AvgIpc) is 3.98. The Morgan fingerprint density at radius 3 is 1.48 bits per heavy atom. The fourth-order valence-electron chi connectivity index (χ4n) is 11.1. The summed E-state index contributed by atoms with van der Waals surface area (Å²) in [6.07, 6.45) is 4.24. The summed E-state index contributed by atoms with van der Waals surface area (Å²) >= 11 is 0. The maximum absolute atomic E-state index is 6.92. The topological polar surface area (TPSA) is 35.9 Å². The summed E-state index contributed by atoms with van der Waals surface area (Å²) in [4.78, 5) is 4.93. The summed E-state index contributed by atoms with van der Waals surface area (Å²) in [6.45, 7) is 41.9. The third-order valence-corrected chi connectivity index (χ3v) is 15.6. The van der Waals surface area contributed by atoms with E-state index in [2.05, 4.69) is 296 Å². The molecule has 0 aliphatic rings. The van der Waals surface area contributed by atoms with E-state index in [1.54, 1.807) is 0 Å². The Balaban J connectivity index is 1.20. The van der Waals surface area contributed by atoms with E-state index in [1.807, 2.05) is 6.20 Å². The lowest BCUT2D eigenvalue weighted by Gasteiger charge is -2.31. The van der Waals surface area contributed by atoms with Crippen LogP contribution in [0.1, 0.15) is 158 Å². The van der Waals surface area contributed by atoms with Crippen molar-refractivity contribution in [1.82, 2.24) is 14.1 Å². The predicted octanol–water partition coefficient (Wildman–Crippen LogP) is 19.3. The molecule has 0 amide bonds. The smallest absolute Gasteiger partial charge is 0.255 e. The molecule has 0 radical (unpaired) electrons. The molecule has 0 saturated carbocycles. The minimum absolute atomic E-state index is 0.0144. The number of benzene rings is 7. The van der Waals surface area contributed by atoms with Crippen molar-refractivity contribution in [3.63, 3.8) is 0 Å². The van der Waals surface area contributed by atoms with Crippen LogP contribution >= 0.6 is 0 Å². The molecule has 3 heterocycles. The molecule has 0 bridgehead atoms. The first kappa shape index (κ1) is 53.2. The maximum atomic E-state index is 6.92. The molecule has 7 aromatic carbocycles. The van der Waals surface area contributed by atoms with Gasteiger partial charge in [0.05, 0.1) is 11.0 Å². The molecule has 0 spiro atoms. The van der Waals surface area contributed by atoms with Gasteiger partial charge in [0, 0.05) is 40.2 Å².